The molecule has 0 unspecified atom stereocenters. The molecule has 0 atom stereocenters. The molecule has 0 aliphatic heterocycles. The summed E-state index contributed by atoms with van der Waals surface area (Å²) >= 11 is 0. The Kier molecular flexibility index (Phi) is 7.34. The maximum absolute atomic E-state index is 13.2. The lowest BCUT2D eigenvalue weighted by Gasteiger charge is -2.20. The van der Waals surface area contributed by atoms with Crippen LogP contribution in [0.4, 0.5) is 0 Å². The minimum absolute atomic E-state index is 0.0362. The molecular formula is C27H26N6O6. The van der Waals surface area contributed by atoms with Gasteiger partial charge >= 0.3 is 0 Å². The van der Waals surface area contributed by atoms with Crippen molar-refractivity contribution in [2.75, 3.05) is 14.2 Å². The number of pyridine rings is 1. The molecule has 0 radical (unpaired) electrons. The van der Waals surface area contributed by atoms with Gasteiger partial charge in [0.15, 0.2) is 5.76 Å². The number of rotatable bonds is 10. The third-order valence-electron chi connectivity index (χ3n) is 5.98. The first kappa shape index (κ1) is 25.6. The highest BCUT2D eigenvalue weighted by Gasteiger charge is 2.26. The molecule has 4 heterocycles. The Bertz CT molecular complexity index is 1620. The third-order valence-corrected chi connectivity index (χ3v) is 5.98. The minimum Gasteiger partial charge on any atom is -0.494 e. The molecule has 1 N–H and O–H groups in total. The first-order chi connectivity index (χ1) is 19.0. The molecule has 5 aromatic rings. The fourth-order valence-electron chi connectivity index (χ4n) is 4.12. The number of benzene rings is 1. The summed E-state index contributed by atoms with van der Waals surface area (Å²) in [5.74, 6) is 1.66. The zero-order chi connectivity index (χ0) is 27.4. The Morgan fingerprint density at radius 3 is 2.49 bits per heavy atom. The van der Waals surface area contributed by atoms with Crippen molar-refractivity contribution in [2.45, 2.75) is 32.6 Å². The molecule has 12 heteroatoms. The Morgan fingerprint density at radius 2 is 1.79 bits per heavy atom. The molecule has 4 aromatic heterocycles. The van der Waals surface area contributed by atoms with E-state index in [-0.39, 0.29) is 35.4 Å². The second-order valence-electron chi connectivity index (χ2n) is 8.50. The van der Waals surface area contributed by atoms with Crippen LogP contribution in [0, 0.1) is 0 Å². The summed E-state index contributed by atoms with van der Waals surface area (Å²) in [5.41, 5.74) is 0.169. The highest BCUT2D eigenvalue weighted by Crippen LogP contribution is 2.38. The number of aromatic hydroxyl groups is 1. The average Bonchev–Trinajstić information content (AvgIpc) is 3.62. The van der Waals surface area contributed by atoms with E-state index in [9.17, 15) is 9.90 Å². The molecule has 0 saturated carbocycles. The fourth-order valence-corrected chi connectivity index (χ4v) is 4.12. The fraction of sp³-hybridized carbons (Fsp3) is 0.259. The van der Waals surface area contributed by atoms with Gasteiger partial charge in [-0.25, -0.2) is 4.98 Å². The van der Waals surface area contributed by atoms with Gasteiger partial charge in [0.2, 0.25) is 23.5 Å². The number of ether oxygens (including phenoxy) is 2. The zero-order valence-electron chi connectivity index (χ0n) is 21.6. The number of para-hydroxylation sites is 1. The maximum atomic E-state index is 13.2. The predicted octanol–water partition coefficient (Wildman–Crippen LogP) is 3.99. The first-order valence-electron chi connectivity index (χ1n) is 12.3. The van der Waals surface area contributed by atoms with Crippen LogP contribution in [0.5, 0.6) is 17.4 Å². The Balaban J connectivity index is 1.55. The van der Waals surface area contributed by atoms with Gasteiger partial charge in [-0.2, -0.15) is 9.97 Å². The number of oxazole rings is 1. The molecule has 5 rings (SSSR count). The monoisotopic (exact) mass is 530 g/mol. The van der Waals surface area contributed by atoms with Gasteiger partial charge in [0, 0.05) is 12.6 Å². The zero-order valence-corrected chi connectivity index (χ0v) is 21.6. The quantitative estimate of drug-likeness (QED) is 0.279. The Hall–Kier alpha value is -5.00. The van der Waals surface area contributed by atoms with Gasteiger partial charge in [-0.05, 0) is 30.7 Å². The van der Waals surface area contributed by atoms with Gasteiger partial charge in [0.25, 0.3) is 5.56 Å². The van der Waals surface area contributed by atoms with Crippen molar-refractivity contribution in [1.82, 2.24) is 29.7 Å². The van der Waals surface area contributed by atoms with E-state index in [1.165, 1.54) is 25.0 Å². The van der Waals surface area contributed by atoms with Crippen molar-refractivity contribution in [3.63, 3.8) is 0 Å². The summed E-state index contributed by atoms with van der Waals surface area (Å²) in [7, 11) is 3.02. The number of methoxy groups -OCH3 is 2. The predicted molar refractivity (Wildman–Crippen MR) is 139 cm³/mol. The number of hydrogen-bond donors (Lipinski definition) is 1. The number of unbranched alkanes of at least 4 members (excludes halogenated alkanes) is 1. The van der Waals surface area contributed by atoms with Gasteiger partial charge in [-0.15, -0.1) is 0 Å². The standard InChI is InChI=1S/C27H26N6O6/c1-4-5-12-20-30-26(34)23(27(35)33(20)24-17(36-2)10-8-11-18(24)37-3)19-15-29-21(38-19)14-22-31-25(32-39-22)16-9-6-7-13-28-16/h6-11,13,15,35H,4-5,12,14H2,1-3H3. The molecule has 0 amide bonds. The smallest absolute Gasteiger partial charge is 0.288 e. The molecule has 200 valence electrons. The molecule has 0 bridgehead atoms. The highest BCUT2D eigenvalue weighted by atomic mass is 16.5. The normalized spacial score (nSPS) is 11.1. The van der Waals surface area contributed by atoms with Gasteiger partial charge < -0.3 is 23.5 Å². The molecule has 39 heavy (non-hydrogen) atoms. The maximum Gasteiger partial charge on any atom is 0.288 e. The first-order valence-corrected chi connectivity index (χ1v) is 12.3. The van der Waals surface area contributed by atoms with E-state index in [1.807, 2.05) is 13.0 Å². The summed E-state index contributed by atoms with van der Waals surface area (Å²) in [5, 5.41) is 15.4. The van der Waals surface area contributed by atoms with E-state index < -0.39 is 5.56 Å². The van der Waals surface area contributed by atoms with Crippen molar-refractivity contribution >= 4 is 0 Å². The molecule has 0 aliphatic carbocycles. The lowest BCUT2D eigenvalue weighted by atomic mass is 10.1. The molecule has 12 nitrogen and oxygen atoms in total. The van der Waals surface area contributed by atoms with Crippen LogP contribution < -0.4 is 15.0 Å². The van der Waals surface area contributed by atoms with Crippen LogP contribution in [0.15, 0.2) is 62.5 Å². The highest BCUT2D eigenvalue weighted by molar-refractivity contribution is 5.67. The van der Waals surface area contributed by atoms with E-state index in [4.69, 9.17) is 18.4 Å². The molecule has 0 spiro atoms. The van der Waals surface area contributed by atoms with E-state index >= 15 is 0 Å². The minimum atomic E-state index is -0.651. The van der Waals surface area contributed by atoms with E-state index in [0.29, 0.717) is 40.9 Å². The van der Waals surface area contributed by atoms with Gasteiger partial charge in [0.05, 0.1) is 20.4 Å². The van der Waals surface area contributed by atoms with Crippen molar-refractivity contribution < 1.29 is 23.5 Å². The van der Waals surface area contributed by atoms with Crippen molar-refractivity contribution in [2.24, 2.45) is 0 Å². The van der Waals surface area contributed by atoms with Gasteiger partial charge in [0.1, 0.15) is 40.7 Å². The largest absolute Gasteiger partial charge is 0.494 e. The Labute approximate surface area is 222 Å². The average molecular weight is 531 g/mol. The number of nitrogens with zero attached hydrogens (tertiary/aromatic N) is 6. The van der Waals surface area contributed by atoms with Gasteiger partial charge in [-0.3, -0.25) is 14.3 Å². The second kappa shape index (κ2) is 11.2. The molecule has 0 saturated heterocycles. The van der Waals surface area contributed by atoms with Crippen molar-refractivity contribution in [3.8, 4) is 45.9 Å². The number of hydrogen-bond acceptors (Lipinski definition) is 11. The van der Waals surface area contributed by atoms with E-state index in [2.05, 4.69) is 25.1 Å². The van der Waals surface area contributed by atoms with Crippen molar-refractivity contribution in [1.29, 1.82) is 0 Å². The third kappa shape index (κ3) is 5.08. The number of aryl methyl sites for hydroxylation is 1. The summed E-state index contributed by atoms with van der Waals surface area (Å²) < 4.78 is 23.7. The Morgan fingerprint density at radius 1 is 1.00 bits per heavy atom. The molecular weight excluding hydrogens is 504 g/mol. The van der Waals surface area contributed by atoms with Crippen LogP contribution in [0.1, 0.15) is 37.4 Å². The van der Waals surface area contributed by atoms with Crippen LogP contribution >= 0.6 is 0 Å². The molecule has 0 fully saturated rings. The summed E-state index contributed by atoms with van der Waals surface area (Å²) in [6.07, 6.45) is 5.10. The summed E-state index contributed by atoms with van der Waals surface area (Å²) in [6.45, 7) is 2.03. The van der Waals surface area contributed by atoms with E-state index in [0.717, 1.165) is 12.8 Å². The topological polar surface area (TPSA) is 151 Å². The van der Waals surface area contributed by atoms with Crippen LogP contribution in [-0.4, -0.2) is 49.0 Å². The van der Waals surface area contributed by atoms with Crippen LogP contribution in [-0.2, 0) is 12.8 Å². The van der Waals surface area contributed by atoms with Crippen LogP contribution in [0.25, 0.3) is 28.5 Å². The lowest BCUT2D eigenvalue weighted by molar-refractivity contribution is 0.372. The molecule has 0 aliphatic rings. The number of aromatic nitrogens is 6. The lowest BCUT2D eigenvalue weighted by Crippen LogP contribution is -2.20. The van der Waals surface area contributed by atoms with Crippen LogP contribution in [0.2, 0.25) is 0 Å². The molecule has 1 aromatic carbocycles. The second-order valence-corrected chi connectivity index (χ2v) is 8.50. The SMILES string of the molecule is CCCCc1nc(=O)c(-c2cnc(Cc3nc(-c4ccccn4)no3)o2)c(O)n1-c1c(OC)cccc1OC. The van der Waals surface area contributed by atoms with Gasteiger partial charge in [-0.1, -0.05) is 30.6 Å². The van der Waals surface area contributed by atoms with E-state index in [1.54, 1.807) is 36.5 Å². The van der Waals surface area contributed by atoms with Crippen molar-refractivity contribution in [3.05, 3.63) is 76.8 Å². The summed E-state index contributed by atoms with van der Waals surface area (Å²) in [4.78, 5) is 30.2. The summed E-state index contributed by atoms with van der Waals surface area (Å²) in [6, 6.07) is 10.6. The van der Waals surface area contributed by atoms with Crippen LogP contribution in [0.3, 0.4) is 0 Å².